The van der Waals surface area contributed by atoms with Crippen molar-refractivity contribution in [3.05, 3.63) is 29.8 Å². The van der Waals surface area contributed by atoms with Gasteiger partial charge in [0, 0.05) is 37.4 Å². The maximum atomic E-state index is 11.2. The van der Waals surface area contributed by atoms with Crippen LogP contribution in [0.1, 0.15) is 25.3 Å². The van der Waals surface area contributed by atoms with Crippen LogP contribution >= 0.6 is 11.8 Å². The van der Waals surface area contributed by atoms with Gasteiger partial charge < -0.3 is 4.90 Å². The summed E-state index contributed by atoms with van der Waals surface area (Å²) in [6, 6.07) is 8.88. The number of Topliss-reactive ketones (excluding diaryl/α,β-unsaturated/α-hetero) is 1. The molecule has 0 aromatic heterocycles. The fourth-order valence-corrected chi connectivity index (χ4v) is 2.89. The normalized spacial score (nSPS) is 17.1. The van der Waals surface area contributed by atoms with Crippen molar-refractivity contribution in [3.63, 3.8) is 0 Å². The Hall–Kier alpha value is -0.800. The number of piperidine rings is 1. The highest BCUT2D eigenvalue weighted by atomic mass is 32.2. The van der Waals surface area contributed by atoms with Crippen LogP contribution in [-0.4, -0.2) is 36.1 Å². The Kier molecular flexibility index (Phi) is 5.26. The number of nitrogens with zero attached hydrogens (tertiary/aromatic N) is 1. The van der Waals surface area contributed by atoms with Crippen LogP contribution in [0.5, 0.6) is 0 Å². The molecule has 0 radical (unpaired) electrons. The molecule has 1 aromatic carbocycles. The first-order chi connectivity index (χ1) is 8.78. The maximum absolute atomic E-state index is 11.2. The third kappa shape index (κ3) is 4.14. The van der Waals surface area contributed by atoms with E-state index in [0.29, 0.717) is 5.78 Å². The van der Waals surface area contributed by atoms with Crippen molar-refractivity contribution in [2.75, 3.05) is 25.4 Å². The van der Waals surface area contributed by atoms with Crippen molar-refractivity contribution in [2.24, 2.45) is 0 Å². The van der Waals surface area contributed by atoms with Crippen LogP contribution in [-0.2, 0) is 11.2 Å². The van der Waals surface area contributed by atoms with Crippen molar-refractivity contribution in [1.82, 2.24) is 4.90 Å². The minimum atomic E-state index is 0.423. The summed E-state index contributed by atoms with van der Waals surface area (Å²) in [5.41, 5.74) is 1.40. The van der Waals surface area contributed by atoms with Crippen molar-refractivity contribution in [2.45, 2.75) is 31.1 Å². The van der Waals surface area contributed by atoms with E-state index in [1.54, 1.807) is 0 Å². The molecule has 0 unspecified atom stereocenters. The van der Waals surface area contributed by atoms with Crippen LogP contribution in [0, 0.1) is 0 Å². The molecule has 1 heterocycles. The van der Waals surface area contributed by atoms with Crippen LogP contribution < -0.4 is 0 Å². The first kappa shape index (κ1) is 13.6. The summed E-state index contributed by atoms with van der Waals surface area (Å²) in [5, 5.41) is 0. The second-order valence-electron chi connectivity index (χ2n) is 4.71. The lowest BCUT2D eigenvalue weighted by atomic mass is 10.1. The molecule has 1 fully saturated rings. The summed E-state index contributed by atoms with van der Waals surface area (Å²) in [6.07, 6.45) is 2.57. The zero-order chi connectivity index (χ0) is 12.8. The highest BCUT2D eigenvalue weighted by Gasteiger charge is 2.15. The molecule has 0 bridgehead atoms. The van der Waals surface area contributed by atoms with Gasteiger partial charge in [-0.25, -0.2) is 0 Å². The number of hydrogen-bond donors (Lipinski definition) is 0. The fraction of sp³-hybridized carbons (Fsp3) is 0.533. The van der Waals surface area contributed by atoms with E-state index < -0.39 is 0 Å². The molecule has 2 rings (SSSR count). The summed E-state index contributed by atoms with van der Waals surface area (Å²) in [5.74, 6) is 1.55. The number of carbonyl (C=O) groups is 1. The highest BCUT2D eigenvalue weighted by molar-refractivity contribution is 7.99. The summed E-state index contributed by atoms with van der Waals surface area (Å²) >= 11 is 1.88. The lowest BCUT2D eigenvalue weighted by molar-refractivity contribution is -0.121. The van der Waals surface area contributed by atoms with Crippen molar-refractivity contribution in [3.8, 4) is 0 Å². The van der Waals surface area contributed by atoms with E-state index in [4.69, 9.17) is 0 Å². The SMILES string of the molecule is CCSc1ccc(CCN2CCC(=O)CC2)cc1. The molecule has 1 saturated heterocycles. The number of hydrogen-bond acceptors (Lipinski definition) is 3. The van der Waals surface area contributed by atoms with Gasteiger partial charge in [0.05, 0.1) is 0 Å². The Bertz CT molecular complexity index is 378. The molecule has 0 N–H and O–H groups in total. The highest BCUT2D eigenvalue weighted by Crippen LogP contribution is 2.18. The van der Waals surface area contributed by atoms with E-state index in [1.165, 1.54) is 10.5 Å². The minimum absolute atomic E-state index is 0.423. The first-order valence-corrected chi connectivity index (χ1v) is 7.72. The molecule has 0 atom stereocenters. The molecule has 2 nitrogen and oxygen atoms in total. The van der Waals surface area contributed by atoms with Gasteiger partial charge in [-0.2, -0.15) is 0 Å². The summed E-state index contributed by atoms with van der Waals surface area (Å²) in [6.45, 7) is 5.15. The number of rotatable bonds is 5. The maximum Gasteiger partial charge on any atom is 0.135 e. The van der Waals surface area contributed by atoms with Gasteiger partial charge in [0.2, 0.25) is 0 Å². The van der Waals surface area contributed by atoms with Gasteiger partial charge in [0.15, 0.2) is 0 Å². The molecule has 0 aliphatic carbocycles. The van der Waals surface area contributed by atoms with Crippen LogP contribution in [0.2, 0.25) is 0 Å². The zero-order valence-corrected chi connectivity index (χ0v) is 11.8. The van der Waals surface area contributed by atoms with Crippen molar-refractivity contribution < 1.29 is 4.79 Å². The molecule has 0 saturated carbocycles. The quantitative estimate of drug-likeness (QED) is 0.762. The monoisotopic (exact) mass is 263 g/mol. The average molecular weight is 263 g/mol. The molecule has 0 amide bonds. The van der Waals surface area contributed by atoms with E-state index in [-0.39, 0.29) is 0 Å². The molecular weight excluding hydrogens is 242 g/mol. The van der Waals surface area contributed by atoms with Crippen molar-refractivity contribution >= 4 is 17.5 Å². The van der Waals surface area contributed by atoms with E-state index in [1.807, 2.05) is 11.8 Å². The van der Waals surface area contributed by atoms with Gasteiger partial charge in [0.25, 0.3) is 0 Å². The number of carbonyl (C=O) groups excluding carboxylic acids is 1. The summed E-state index contributed by atoms with van der Waals surface area (Å²) in [7, 11) is 0. The predicted molar refractivity (Wildman–Crippen MR) is 77.2 cm³/mol. The number of thioether (sulfide) groups is 1. The second kappa shape index (κ2) is 6.95. The standard InChI is InChI=1S/C15H21NOS/c1-2-18-15-5-3-13(4-6-15)7-10-16-11-8-14(17)9-12-16/h3-6H,2,7-12H2,1H3. The van der Waals surface area contributed by atoms with E-state index in [0.717, 1.165) is 44.6 Å². The summed E-state index contributed by atoms with van der Waals surface area (Å²) < 4.78 is 0. The topological polar surface area (TPSA) is 20.3 Å². The number of benzene rings is 1. The molecule has 1 aromatic rings. The van der Waals surface area contributed by atoms with Crippen LogP contribution in [0.4, 0.5) is 0 Å². The number of likely N-dealkylation sites (tertiary alicyclic amines) is 1. The smallest absolute Gasteiger partial charge is 0.135 e. The third-order valence-corrected chi connectivity index (χ3v) is 4.26. The molecule has 0 spiro atoms. The van der Waals surface area contributed by atoms with Crippen molar-refractivity contribution in [1.29, 1.82) is 0 Å². The average Bonchev–Trinajstić information content (AvgIpc) is 2.40. The van der Waals surface area contributed by atoms with Gasteiger partial charge in [-0.1, -0.05) is 19.1 Å². The Balaban J connectivity index is 1.77. The Morgan fingerprint density at radius 2 is 1.83 bits per heavy atom. The fourth-order valence-electron chi connectivity index (χ4n) is 2.23. The Morgan fingerprint density at radius 3 is 2.44 bits per heavy atom. The van der Waals surface area contributed by atoms with Gasteiger partial charge in [0.1, 0.15) is 5.78 Å². The third-order valence-electron chi connectivity index (χ3n) is 3.36. The molecule has 1 aliphatic rings. The minimum Gasteiger partial charge on any atom is -0.302 e. The van der Waals surface area contributed by atoms with Gasteiger partial charge in [-0.15, -0.1) is 11.8 Å². The van der Waals surface area contributed by atoms with Crippen LogP contribution in [0.25, 0.3) is 0 Å². The molecule has 3 heteroatoms. The number of ketones is 1. The zero-order valence-electron chi connectivity index (χ0n) is 11.0. The first-order valence-electron chi connectivity index (χ1n) is 6.73. The van der Waals surface area contributed by atoms with E-state index in [9.17, 15) is 4.79 Å². The van der Waals surface area contributed by atoms with E-state index >= 15 is 0 Å². The van der Waals surface area contributed by atoms with Crippen LogP contribution in [0.15, 0.2) is 29.2 Å². The Labute approximate surface area is 114 Å². The Morgan fingerprint density at radius 1 is 1.17 bits per heavy atom. The lowest BCUT2D eigenvalue weighted by Gasteiger charge is -2.25. The van der Waals surface area contributed by atoms with Gasteiger partial charge in [-0.05, 0) is 29.9 Å². The predicted octanol–water partition coefficient (Wildman–Crippen LogP) is 3.01. The molecule has 1 aliphatic heterocycles. The second-order valence-corrected chi connectivity index (χ2v) is 6.04. The van der Waals surface area contributed by atoms with Crippen LogP contribution in [0.3, 0.4) is 0 Å². The molecule has 98 valence electrons. The van der Waals surface area contributed by atoms with Gasteiger partial charge in [-0.3, -0.25) is 4.79 Å². The van der Waals surface area contributed by atoms with E-state index in [2.05, 4.69) is 36.1 Å². The molecule has 18 heavy (non-hydrogen) atoms. The summed E-state index contributed by atoms with van der Waals surface area (Å²) in [4.78, 5) is 14.9. The largest absolute Gasteiger partial charge is 0.302 e. The molecular formula is C15H21NOS. The van der Waals surface area contributed by atoms with Gasteiger partial charge >= 0.3 is 0 Å². The lowest BCUT2D eigenvalue weighted by Crippen LogP contribution is -2.35.